The number of alkyl halides is 3. The predicted octanol–water partition coefficient (Wildman–Crippen LogP) is 4.79. The molecule has 0 radical (unpaired) electrons. The molecule has 0 amide bonds. The molecular formula is C20H13F5IrN5. The zero-order valence-electron chi connectivity index (χ0n) is 15.7. The second kappa shape index (κ2) is 11.4. The summed E-state index contributed by atoms with van der Waals surface area (Å²) in [7, 11) is 0. The normalized spacial score (nSPS) is 10.2. The van der Waals surface area contributed by atoms with Crippen LogP contribution in [0.4, 0.5) is 22.0 Å². The molecule has 3 aromatic heterocycles. The molecule has 0 bridgehead atoms. The largest absolute Gasteiger partial charge is 3.00 e. The first-order valence-electron chi connectivity index (χ1n) is 7.99. The van der Waals surface area contributed by atoms with Crippen LogP contribution in [0.3, 0.4) is 0 Å². The number of aromatic nitrogens is 5. The number of halogens is 5. The predicted molar refractivity (Wildman–Crippen MR) is 98.4 cm³/mol. The molecule has 0 N–H and O–H groups in total. The number of hydrogen-bond acceptors (Lipinski definition) is 4. The van der Waals surface area contributed by atoms with Crippen LogP contribution in [0.25, 0.3) is 22.8 Å². The molecule has 11 heteroatoms. The first-order valence-corrected chi connectivity index (χ1v) is 7.99. The molecule has 4 aromatic rings. The van der Waals surface area contributed by atoms with Gasteiger partial charge in [0, 0.05) is 24.0 Å². The van der Waals surface area contributed by atoms with Crippen molar-refractivity contribution in [2.24, 2.45) is 0 Å². The van der Waals surface area contributed by atoms with Crippen molar-refractivity contribution in [1.29, 1.82) is 0 Å². The summed E-state index contributed by atoms with van der Waals surface area (Å²) >= 11 is 0. The molecule has 1 aromatic carbocycles. The fraction of sp³-hybridized carbons (Fsp3) is 0.0500. The van der Waals surface area contributed by atoms with Gasteiger partial charge in [-0.25, -0.2) is 0 Å². The molecule has 31 heavy (non-hydrogen) atoms. The number of hydrogen-bond donors (Lipinski definition) is 0. The van der Waals surface area contributed by atoms with Gasteiger partial charge in [0.2, 0.25) is 0 Å². The molecule has 0 fully saturated rings. The van der Waals surface area contributed by atoms with Crippen LogP contribution < -0.4 is 5.10 Å². The van der Waals surface area contributed by atoms with E-state index in [0.29, 0.717) is 5.69 Å². The van der Waals surface area contributed by atoms with Crippen LogP contribution in [-0.2, 0) is 26.3 Å². The van der Waals surface area contributed by atoms with Crippen LogP contribution in [-0.4, -0.2) is 20.1 Å². The summed E-state index contributed by atoms with van der Waals surface area (Å²) in [6, 6.07) is 14.3. The fourth-order valence-corrected chi connectivity index (χ4v) is 2.12. The maximum absolute atomic E-state index is 13.2. The molecule has 0 saturated carbocycles. The molecule has 0 atom stereocenters. The van der Waals surface area contributed by atoms with Crippen molar-refractivity contribution in [3.63, 3.8) is 0 Å². The van der Waals surface area contributed by atoms with Gasteiger partial charge in [0.1, 0.15) is 5.82 Å². The van der Waals surface area contributed by atoms with Gasteiger partial charge in [0.25, 0.3) is 0 Å². The van der Waals surface area contributed by atoms with E-state index in [4.69, 9.17) is 0 Å². The number of rotatable bonds is 2. The molecule has 4 rings (SSSR count). The van der Waals surface area contributed by atoms with E-state index < -0.39 is 23.6 Å². The van der Waals surface area contributed by atoms with Gasteiger partial charge in [0.05, 0.1) is 5.69 Å². The van der Waals surface area contributed by atoms with Gasteiger partial charge >= 0.3 is 26.3 Å². The quantitative estimate of drug-likeness (QED) is 0.241. The third-order valence-corrected chi connectivity index (χ3v) is 3.38. The Hall–Kier alpha value is -3.04. The summed E-state index contributed by atoms with van der Waals surface area (Å²) in [6.45, 7) is 0. The SMILES string of the molecule is FC(F)(F)c1n[n-]c(-c2ccccn2)n1.Fc1c[c-]c(-c2ccccn2)c(F)c1.[CH3-].[Ir+3]. The Morgan fingerprint density at radius 1 is 0.903 bits per heavy atom. The molecule has 0 saturated heterocycles. The van der Waals surface area contributed by atoms with Crippen LogP contribution in [0, 0.1) is 25.1 Å². The van der Waals surface area contributed by atoms with Crippen LogP contribution in [0.2, 0.25) is 0 Å². The minimum Gasteiger partial charge on any atom is -0.413 e. The minimum absolute atomic E-state index is 0. The van der Waals surface area contributed by atoms with Gasteiger partial charge in [-0.3, -0.25) is 18.9 Å². The van der Waals surface area contributed by atoms with E-state index in [0.717, 1.165) is 12.1 Å². The topological polar surface area (TPSA) is 65.7 Å². The second-order valence-corrected chi connectivity index (χ2v) is 5.43. The van der Waals surface area contributed by atoms with E-state index in [-0.39, 0.29) is 44.6 Å². The van der Waals surface area contributed by atoms with Crippen molar-refractivity contribution in [3.05, 3.63) is 91.9 Å². The minimum atomic E-state index is -4.57. The third kappa shape index (κ3) is 7.01. The number of benzene rings is 1. The molecule has 0 unspecified atom stereocenters. The third-order valence-electron chi connectivity index (χ3n) is 3.38. The maximum atomic E-state index is 13.2. The van der Waals surface area contributed by atoms with Crippen LogP contribution in [0.5, 0.6) is 0 Å². The van der Waals surface area contributed by atoms with E-state index in [1.54, 1.807) is 36.5 Å². The van der Waals surface area contributed by atoms with Crippen LogP contribution >= 0.6 is 0 Å². The van der Waals surface area contributed by atoms with Gasteiger partial charge in [-0.15, -0.1) is 12.1 Å². The zero-order valence-corrected chi connectivity index (χ0v) is 18.1. The summed E-state index contributed by atoms with van der Waals surface area (Å²) in [4.78, 5) is 11.0. The second-order valence-electron chi connectivity index (χ2n) is 5.43. The Kier molecular flexibility index (Phi) is 9.54. The Labute approximate surface area is 188 Å². The maximum Gasteiger partial charge on any atom is 3.00 e. The van der Waals surface area contributed by atoms with Gasteiger partial charge in [-0.1, -0.05) is 29.8 Å². The monoisotopic (exact) mass is 611 g/mol. The van der Waals surface area contributed by atoms with Gasteiger partial charge in [0.15, 0.2) is 0 Å². The summed E-state index contributed by atoms with van der Waals surface area (Å²) in [5.41, 5.74) is 0.900. The summed E-state index contributed by atoms with van der Waals surface area (Å²) in [5, 5.41) is 6.25. The Morgan fingerprint density at radius 2 is 1.52 bits per heavy atom. The molecule has 0 aliphatic heterocycles. The Bertz CT molecular complexity index is 1070. The van der Waals surface area contributed by atoms with E-state index in [9.17, 15) is 22.0 Å². The Balaban J connectivity index is 0.000000292. The van der Waals surface area contributed by atoms with Gasteiger partial charge in [-0.2, -0.15) is 13.2 Å². The smallest absolute Gasteiger partial charge is 0.413 e. The van der Waals surface area contributed by atoms with E-state index in [1.165, 1.54) is 12.3 Å². The summed E-state index contributed by atoms with van der Waals surface area (Å²) in [6.07, 6.45) is -1.58. The summed E-state index contributed by atoms with van der Waals surface area (Å²) in [5.74, 6) is -2.66. The average molecular weight is 611 g/mol. The zero-order chi connectivity index (χ0) is 20.9. The van der Waals surface area contributed by atoms with Gasteiger partial charge in [-0.05, 0) is 29.7 Å². The molecular weight excluding hydrogens is 597 g/mol. The molecule has 162 valence electrons. The van der Waals surface area contributed by atoms with Crippen molar-refractivity contribution in [2.45, 2.75) is 6.18 Å². The van der Waals surface area contributed by atoms with Gasteiger partial charge < -0.3 is 22.5 Å². The average Bonchev–Trinajstić information content (AvgIpc) is 3.21. The first-order chi connectivity index (χ1) is 13.8. The van der Waals surface area contributed by atoms with Crippen molar-refractivity contribution < 1.29 is 42.1 Å². The fourth-order valence-electron chi connectivity index (χ4n) is 2.12. The van der Waals surface area contributed by atoms with Crippen molar-refractivity contribution in [1.82, 2.24) is 25.1 Å². The number of nitrogens with zero attached hydrogens (tertiary/aromatic N) is 5. The van der Waals surface area contributed by atoms with E-state index in [1.807, 2.05) is 0 Å². The van der Waals surface area contributed by atoms with Crippen molar-refractivity contribution in [2.75, 3.05) is 0 Å². The number of pyridine rings is 2. The molecule has 0 spiro atoms. The van der Waals surface area contributed by atoms with Crippen LogP contribution in [0.1, 0.15) is 5.82 Å². The molecule has 0 aliphatic carbocycles. The van der Waals surface area contributed by atoms with E-state index in [2.05, 4.69) is 31.2 Å². The summed E-state index contributed by atoms with van der Waals surface area (Å²) < 4.78 is 62.2. The van der Waals surface area contributed by atoms with Crippen molar-refractivity contribution >= 4 is 0 Å². The standard InChI is InChI=1S/C11H6F2N.C8H4F3N4.CH3.Ir/c12-8-4-5-9(10(13)7-8)11-3-1-2-6-14-11;9-8(10,11)7-13-6(14-15-7)5-3-1-2-4-12-5;;/h1-4,6-7H;1-4H;1H3;/q3*-1;+3. The molecule has 5 nitrogen and oxygen atoms in total. The molecule has 0 aliphatic rings. The van der Waals surface area contributed by atoms with Crippen molar-refractivity contribution in [3.8, 4) is 22.8 Å². The molecule has 3 heterocycles. The van der Waals surface area contributed by atoms with Crippen LogP contribution in [0.15, 0.2) is 60.9 Å². The van der Waals surface area contributed by atoms with E-state index >= 15 is 0 Å². The first kappa shape index (κ1) is 26.0. The Morgan fingerprint density at radius 3 is 2.00 bits per heavy atom.